The maximum Gasteiger partial charge on any atom is 0.142 e. The summed E-state index contributed by atoms with van der Waals surface area (Å²) in [7, 11) is 0. The highest BCUT2D eigenvalue weighted by Crippen LogP contribution is 2.35. The van der Waals surface area contributed by atoms with Gasteiger partial charge in [-0.1, -0.05) is 24.4 Å². The summed E-state index contributed by atoms with van der Waals surface area (Å²) >= 11 is 0. The highest BCUT2D eigenvalue weighted by atomic mass is 16.5. The number of aromatic nitrogens is 4. The Bertz CT molecular complexity index is 1240. The van der Waals surface area contributed by atoms with E-state index < -0.39 is 0 Å². The van der Waals surface area contributed by atoms with E-state index in [4.69, 9.17) is 9.51 Å². The van der Waals surface area contributed by atoms with Gasteiger partial charge < -0.3 is 9.09 Å². The predicted octanol–water partition coefficient (Wildman–Crippen LogP) is 4.91. The average molecular weight is 383 g/mol. The van der Waals surface area contributed by atoms with Gasteiger partial charge in [0.05, 0.1) is 22.4 Å². The molecule has 0 radical (unpaired) electrons. The summed E-state index contributed by atoms with van der Waals surface area (Å²) in [6.45, 7) is 3.86. The van der Waals surface area contributed by atoms with E-state index in [0.717, 1.165) is 51.6 Å². The molecule has 1 aliphatic rings. The molecule has 0 aliphatic heterocycles. The van der Waals surface area contributed by atoms with Crippen LogP contribution in [0.2, 0.25) is 0 Å². The Morgan fingerprint density at radius 2 is 2.10 bits per heavy atom. The lowest BCUT2D eigenvalue weighted by Gasteiger charge is -2.24. The molecule has 29 heavy (non-hydrogen) atoms. The lowest BCUT2D eigenvalue weighted by Crippen LogP contribution is -2.13. The van der Waals surface area contributed by atoms with Crippen molar-refractivity contribution in [3.05, 3.63) is 59.5 Å². The van der Waals surface area contributed by atoms with Crippen LogP contribution in [0.3, 0.4) is 0 Å². The molecule has 0 spiro atoms. The van der Waals surface area contributed by atoms with E-state index in [1.165, 1.54) is 24.8 Å². The van der Waals surface area contributed by atoms with Crippen molar-refractivity contribution in [2.24, 2.45) is 5.92 Å². The van der Waals surface area contributed by atoms with E-state index in [0.29, 0.717) is 5.69 Å². The molecule has 0 N–H and O–H groups in total. The maximum absolute atomic E-state index is 9.26. The van der Waals surface area contributed by atoms with E-state index in [-0.39, 0.29) is 0 Å². The third-order valence-corrected chi connectivity index (χ3v) is 5.91. The molecule has 144 valence electrons. The molecule has 0 bridgehead atoms. The standard InChI is InChI=1S/C23H21N5O/c1-14-22(15(2)29-27-14)17-9-21-23(26-12-17)18(8-16-4-3-5-16)13-28(21)20-6-7-25-19(10-20)11-24/h6-7,9-10,12-13,16H,3-5,8H2,1-2H3. The number of fused-ring (bicyclic) bond motifs is 1. The van der Waals surface area contributed by atoms with Gasteiger partial charge in [-0.3, -0.25) is 4.98 Å². The summed E-state index contributed by atoms with van der Waals surface area (Å²) in [6.07, 6.45) is 10.7. The SMILES string of the molecule is Cc1noc(C)c1-c1cnc2c(CC3CCC3)cn(-c3ccnc(C#N)c3)c2c1. The lowest BCUT2D eigenvalue weighted by atomic mass is 9.81. The number of pyridine rings is 2. The highest BCUT2D eigenvalue weighted by molar-refractivity contribution is 5.86. The monoisotopic (exact) mass is 383 g/mol. The van der Waals surface area contributed by atoms with Gasteiger partial charge in [-0.05, 0) is 49.9 Å². The first-order valence-electron chi connectivity index (χ1n) is 9.94. The average Bonchev–Trinajstić information content (AvgIpc) is 3.24. The first-order chi connectivity index (χ1) is 14.1. The molecule has 0 aromatic carbocycles. The van der Waals surface area contributed by atoms with Crippen molar-refractivity contribution >= 4 is 11.0 Å². The fourth-order valence-electron chi connectivity index (χ4n) is 4.20. The first-order valence-corrected chi connectivity index (χ1v) is 9.94. The quantitative estimate of drug-likeness (QED) is 0.500. The first kappa shape index (κ1) is 17.6. The zero-order valence-corrected chi connectivity index (χ0v) is 16.5. The minimum absolute atomic E-state index is 0.403. The molecule has 5 rings (SSSR count). The Hall–Kier alpha value is -3.46. The van der Waals surface area contributed by atoms with Crippen LogP contribution in [0.15, 0.2) is 41.3 Å². The van der Waals surface area contributed by atoms with E-state index in [9.17, 15) is 5.26 Å². The third-order valence-electron chi connectivity index (χ3n) is 5.91. The van der Waals surface area contributed by atoms with Crippen molar-refractivity contribution in [3.8, 4) is 22.9 Å². The molecule has 1 saturated carbocycles. The number of hydrogen-bond acceptors (Lipinski definition) is 5. The van der Waals surface area contributed by atoms with Crippen molar-refractivity contribution in [2.75, 3.05) is 0 Å². The molecule has 0 unspecified atom stereocenters. The molecule has 4 heterocycles. The second-order valence-electron chi connectivity index (χ2n) is 7.83. The van der Waals surface area contributed by atoms with Gasteiger partial charge in [0.25, 0.3) is 0 Å². The molecule has 4 aromatic rings. The zero-order chi connectivity index (χ0) is 20.0. The summed E-state index contributed by atoms with van der Waals surface area (Å²) < 4.78 is 7.48. The fraction of sp³-hybridized carbons (Fsp3) is 0.304. The van der Waals surface area contributed by atoms with Crippen LogP contribution in [0.25, 0.3) is 27.8 Å². The Balaban J connectivity index is 1.71. The minimum Gasteiger partial charge on any atom is -0.361 e. The summed E-state index contributed by atoms with van der Waals surface area (Å²) in [6, 6.07) is 8.02. The van der Waals surface area contributed by atoms with Gasteiger partial charge in [-0.2, -0.15) is 5.26 Å². The van der Waals surface area contributed by atoms with Crippen LogP contribution in [0.1, 0.15) is 42.0 Å². The van der Waals surface area contributed by atoms with Crippen LogP contribution in [-0.4, -0.2) is 19.7 Å². The number of aryl methyl sites for hydroxylation is 2. The Morgan fingerprint density at radius 3 is 2.79 bits per heavy atom. The minimum atomic E-state index is 0.403. The Labute approximate surface area is 168 Å². The second-order valence-corrected chi connectivity index (χ2v) is 7.83. The van der Waals surface area contributed by atoms with Crippen molar-refractivity contribution in [3.63, 3.8) is 0 Å². The van der Waals surface area contributed by atoms with Gasteiger partial charge in [-0.25, -0.2) is 4.98 Å². The number of hydrogen-bond donors (Lipinski definition) is 0. The Kier molecular flexibility index (Phi) is 4.17. The summed E-state index contributed by atoms with van der Waals surface area (Å²) in [5, 5.41) is 13.3. The van der Waals surface area contributed by atoms with Gasteiger partial charge in [0.2, 0.25) is 0 Å². The van der Waals surface area contributed by atoms with E-state index in [2.05, 4.69) is 33.0 Å². The maximum atomic E-state index is 9.26. The number of rotatable bonds is 4. The van der Waals surface area contributed by atoms with E-state index in [1.807, 2.05) is 32.2 Å². The topological polar surface area (TPSA) is 80.5 Å². The van der Waals surface area contributed by atoms with Crippen LogP contribution in [0.5, 0.6) is 0 Å². The van der Waals surface area contributed by atoms with Crippen LogP contribution in [-0.2, 0) is 6.42 Å². The van der Waals surface area contributed by atoms with Gasteiger partial charge >= 0.3 is 0 Å². The van der Waals surface area contributed by atoms with Crippen LogP contribution in [0.4, 0.5) is 0 Å². The van der Waals surface area contributed by atoms with Gasteiger partial charge in [-0.15, -0.1) is 0 Å². The molecule has 1 aliphatic carbocycles. The van der Waals surface area contributed by atoms with Crippen LogP contribution in [0, 0.1) is 31.1 Å². The molecular weight excluding hydrogens is 362 g/mol. The predicted molar refractivity (Wildman–Crippen MR) is 110 cm³/mol. The van der Waals surface area contributed by atoms with Gasteiger partial charge in [0, 0.05) is 29.7 Å². The molecule has 0 saturated heterocycles. The number of nitrogens with zero attached hydrogens (tertiary/aromatic N) is 5. The summed E-state index contributed by atoms with van der Waals surface area (Å²) in [5.41, 5.74) is 7.43. The lowest BCUT2D eigenvalue weighted by molar-refractivity contribution is 0.315. The van der Waals surface area contributed by atoms with Crippen molar-refractivity contribution in [1.29, 1.82) is 5.26 Å². The molecule has 0 atom stereocenters. The molecule has 0 amide bonds. The highest BCUT2D eigenvalue weighted by Gasteiger charge is 2.22. The van der Waals surface area contributed by atoms with Crippen LogP contribution < -0.4 is 0 Å². The van der Waals surface area contributed by atoms with Crippen molar-refractivity contribution < 1.29 is 4.52 Å². The van der Waals surface area contributed by atoms with Gasteiger partial charge in [0.1, 0.15) is 17.5 Å². The van der Waals surface area contributed by atoms with E-state index >= 15 is 0 Å². The molecular formula is C23H21N5O. The fourth-order valence-corrected chi connectivity index (χ4v) is 4.20. The van der Waals surface area contributed by atoms with Crippen molar-refractivity contribution in [2.45, 2.75) is 39.5 Å². The second kappa shape index (κ2) is 6.85. The summed E-state index contributed by atoms with van der Waals surface area (Å²) in [4.78, 5) is 8.96. The molecule has 1 fully saturated rings. The van der Waals surface area contributed by atoms with Gasteiger partial charge in [0.15, 0.2) is 0 Å². The third kappa shape index (κ3) is 2.99. The van der Waals surface area contributed by atoms with Crippen molar-refractivity contribution in [1.82, 2.24) is 19.7 Å². The molecule has 6 heteroatoms. The normalized spacial score (nSPS) is 14.1. The van der Waals surface area contributed by atoms with Crippen LogP contribution >= 0.6 is 0 Å². The molecule has 4 aromatic heterocycles. The zero-order valence-electron chi connectivity index (χ0n) is 16.5. The smallest absolute Gasteiger partial charge is 0.142 e. The number of nitriles is 1. The Morgan fingerprint density at radius 1 is 1.24 bits per heavy atom. The summed E-state index contributed by atoms with van der Waals surface area (Å²) in [5.74, 6) is 1.53. The molecule has 6 nitrogen and oxygen atoms in total. The largest absolute Gasteiger partial charge is 0.361 e. The van der Waals surface area contributed by atoms with E-state index in [1.54, 1.807) is 6.20 Å².